The lowest BCUT2D eigenvalue weighted by Crippen LogP contribution is -2.37. The summed E-state index contributed by atoms with van der Waals surface area (Å²) in [6.07, 6.45) is 8.17. The zero-order chi connectivity index (χ0) is 24.2. The van der Waals surface area contributed by atoms with E-state index in [4.69, 9.17) is 0 Å². The molecule has 2 aromatic heterocycles. The number of hydrogen-bond acceptors (Lipinski definition) is 4. The smallest absolute Gasteiger partial charge is 0.254 e. The topological polar surface area (TPSA) is 71.3 Å². The summed E-state index contributed by atoms with van der Waals surface area (Å²) in [6, 6.07) is 17.8. The van der Waals surface area contributed by atoms with Crippen LogP contribution in [0.25, 0.3) is 10.8 Å². The molecule has 7 heteroatoms. The monoisotopic (exact) mass is 467 g/mol. The number of aromatic nitrogens is 3. The van der Waals surface area contributed by atoms with Gasteiger partial charge in [-0.2, -0.15) is 5.10 Å². The lowest BCUT2D eigenvalue weighted by atomic mass is 9.95. The number of benzene rings is 2. The normalized spacial score (nSPS) is 16.3. The maximum atomic E-state index is 13.8. The third-order valence-electron chi connectivity index (χ3n) is 6.73. The van der Waals surface area contributed by atoms with Crippen LogP contribution in [0, 0.1) is 5.92 Å². The van der Waals surface area contributed by atoms with Crippen LogP contribution >= 0.6 is 0 Å². The molecule has 1 fully saturated rings. The molecule has 1 aliphatic rings. The Bertz CT molecular complexity index is 1330. The lowest BCUT2D eigenvalue weighted by Gasteiger charge is -2.25. The van der Waals surface area contributed by atoms with Gasteiger partial charge >= 0.3 is 0 Å². The molecule has 35 heavy (non-hydrogen) atoms. The van der Waals surface area contributed by atoms with Crippen molar-refractivity contribution in [2.45, 2.75) is 19.9 Å². The molecule has 3 heterocycles. The van der Waals surface area contributed by atoms with Gasteiger partial charge in [-0.25, -0.2) is 0 Å². The van der Waals surface area contributed by atoms with E-state index in [0.29, 0.717) is 38.3 Å². The molecule has 1 aliphatic heterocycles. The van der Waals surface area contributed by atoms with Crippen molar-refractivity contribution in [3.05, 3.63) is 96.1 Å². The first-order valence-corrected chi connectivity index (χ1v) is 12.0. The lowest BCUT2D eigenvalue weighted by molar-refractivity contribution is -0.129. The summed E-state index contributed by atoms with van der Waals surface area (Å²) in [5.41, 5.74) is 2.76. The molecule has 0 saturated carbocycles. The Balaban J connectivity index is 1.42. The Hall–Kier alpha value is -4.00. The number of nitrogens with zero attached hydrogens (tertiary/aromatic N) is 5. The van der Waals surface area contributed by atoms with Crippen molar-refractivity contribution in [3.63, 3.8) is 0 Å². The molecule has 0 spiro atoms. The summed E-state index contributed by atoms with van der Waals surface area (Å²) >= 11 is 0. The zero-order valence-corrected chi connectivity index (χ0v) is 19.9. The minimum atomic E-state index is -0.000738. The van der Waals surface area contributed by atoms with Crippen LogP contribution in [0.3, 0.4) is 0 Å². The maximum Gasteiger partial charge on any atom is 0.254 e. The van der Waals surface area contributed by atoms with E-state index < -0.39 is 0 Å². The van der Waals surface area contributed by atoms with E-state index in [9.17, 15) is 9.59 Å². The minimum Gasteiger partial charge on any atom is -0.341 e. The summed E-state index contributed by atoms with van der Waals surface area (Å²) in [4.78, 5) is 34.3. The first-order chi connectivity index (χ1) is 17.1. The van der Waals surface area contributed by atoms with Gasteiger partial charge in [-0.3, -0.25) is 19.3 Å². The molecule has 178 valence electrons. The summed E-state index contributed by atoms with van der Waals surface area (Å²) in [5.74, 6) is 0.148. The van der Waals surface area contributed by atoms with Gasteiger partial charge in [0.2, 0.25) is 5.91 Å². The largest absolute Gasteiger partial charge is 0.341 e. The van der Waals surface area contributed by atoms with Gasteiger partial charge in [0.1, 0.15) is 0 Å². The first kappa shape index (κ1) is 22.8. The standard InChI is InChI=1S/C28H29N5O2/c1-21(34)31-13-14-32(28(35)27-10-5-3-8-24(27)20-33-12-6-11-30-33)19-22(18-31)15-25-17-29-16-23-7-2-4-9-26(23)25/h2-12,16-17,22H,13-15,18-20H2,1H3/t22-/m0/s1. The Kier molecular flexibility index (Phi) is 6.57. The maximum absolute atomic E-state index is 13.8. The van der Waals surface area contributed by atoms with Crippen LogP contribution in [0.4, 0.5) is 0 Å². The summed E-state index contributed by atoms with van der Waals surface area (Å²) in [6.45, 7) is 4.39. The first-order valence-electron chi connectivity index (χ1n) is 12.0. The van der Waals surface area contributed by atoms with Gasteiger partial charge in [0, 0.05) is 68.8 Å². The third kappa shape index (κ3) is 5.09. The van der Waals surface area contributed by atoms with E-state index in [0.717, 1.165) is 22.9 Å². The van der Waals surface area contributed by atoms with E-state index in [-0.39, 0.29) is 17.7 Å². The molecule has 0 radical (unpaired) electrons. The Morgan fingerprint density at radius 3 is 2.51 bits per heavy atom. The molecule has 2 aromatic carbocycles. The number of carbonyl (C=O) groups is 2. The minimum absolute atomic E-state index is 0.000738. The van der Waals surface area contributed by atoms with Gasteiger partial charge in [-0.05, 0) is 41.0 Å². The van der Waals surface area contributed by atoms with Crippen LogP contribution in [0.1, 0.15) is 28.4 Å². The molecule has 4 aromatic rings. The summed E-state index contributed by atoms with van der Waals surface area (Å²) in [7, 11) is 0. The summed E-state index contributed by atoms with van der Waals surface area (Å²) < 4.78 is 1.82. The van der Waals surface area contributed by atoms with Gasteiger partial charge in [0.05, 0.1) is 6.54 Å². The second-order valence-electron chi connectivity index (χ2n) is 9.17. The fourth-order valence-corrected chi connectivity index (χ4v) is 4.96. The predicted molar refractivity (Wildman–Crippen MR) is 135 cm³/mol. The molecule has 1 atom stereocenters. The van der Waals surface area contributed by atoms with Crippen LogP contribution in [0.5, 0.6) is 0 Å². The van der Waals surface area contributed by atoms with Gasteiger partial charge in [-0.15, -0.1) is 0 Å². The van der Waals surface area contributed by atoms with Crippen molar-refractivity contribution in [3.8, 4) is 0 Å². The number of carbonyl (C=O) groups excluding carboxylic acids is 2. The quantitative estimate of drug-likeness (QED) is 0.449. The van der Waals surface area contributed by atoms with E-state index in [1.807, 2.05) is 75.5 Å². The van der Waals surface area contributed by atoms with Crippen LogP contribution in [0.2, 0.25) is 0 Å². The fourth-order valence-electron chi connectivity index (χ4n) is 4.96. The average Bonchev–Trinajstić information content (AvgIpc) is 3.29. The Labute approximate surface area is 205 Å². The molecule has 0 N–H and O–H groups in total. The molecule has 5 rings (SSSR count). The number of rotatable bonds is 5. The van der Waals surface area contributed by atoms with Crippen molar-refractivity contribution in [2.75, 3.05) is 26.2 Å². The van der Waals surface area contributed by atoms with Crippen molar-refractivity contribution in [1.82, 2.24) is 24.6 Å². The van der Waals surface area contributed by atoms with Crippen molar-refractivity contribution >= 4 is 22.6 Å². The van der Waals surface area contributed by atoms with Crippen molar-refractivity contribution in [1.29, 1.82) is 0 Å². The fraction of sp³-hybridized carbons (Fsp3) is 0.286. The Morgan fingerprint density at radius 1 is 0.914 bits per heavy atom. The second-order valence-corrected chi connectivity index (χ2v) is 9.17. The van der Waals surface area contributed by atoms with Crippen molar-refractivity contribution in [2.24, 2.45) is 5.92 Å². The predicted octanol–water partition coefficient (Wildman–Crippen LogP) is 3.64. The van der Waals surface area contributed by atoms with Gasteiger partial charge in [0.25, 0.3) is 5.91 Å². The van der Waals surface area contributed by atoms with E-state index in [1.54, 1.807) is 13.1 Å². The van der Waals surface area contributed by atoms with Crippen LogP contribution in [-0.2, 0) is 17.8 Å². The molecule has 0 aliphatic carbocycles. The third-order valence-corrected chi connectivity index (χ3v) is 6.73. The highest BCUT2D eigenvalue weighted by molar-refractivity contribution is 5.95. The number of fused-ring (bicyclic) bond motifs is 1. The highest BCUT2D eigenvalue weighted by Crippen LogP contribution is 2.23. The van der Waals surface area contributed by atoms with E-state index in [2.05, 4.69) is 22.2 Å². The average molecular weight is 468 g/mol. The van der Waals surface area contributed by atoms with E-state index >= 15 is 0 Å². The molecule has 2 amide bonds. The van der Waals surface area contributed by atoms with E-state index in [1.165, 1.54) is 5.39 Å². The number of pyridine rings is 1. The second kappa shape index (κ2) is 10.1. The molecule has 0 unspecified atom stereocenters. The van der Waals surface area contributed by atoms with Gasteiger partial charge < -0.3 is 9.80 Å². The molecule has 7 nitrogen and oxygen atoms in total. The zero-order valence-electron chi connectivity index (χ0n) is 19.9. The highest BCUT2D eigenvalue weighted by atomic mass is 16.2. The Morgan fingerprint density at radius 2 is 1.69 bits per heavy atom. The van der Waals surface area contributed by atoms with Crippen LogP contribution < -0.4 is 0 Å². The van der Waals surface area contributed by atoms with Crippen LogP contribution in [0.15, 0.2) is 79.4 Å². The van der Waals surface area contributed by atoms with Crippen molar-refractivity contribution < 1.29 is 9.59 Å². The van der Waals surface area contributed by atoms with Gasteiger partial charge in [-0.1, -0.05) is 42.5 Å². The number of amides is 2. The molecule has 1 saturated heterocycles. The number of hydrogen-bond donors (Lipinski definition) is 0. The molecular formula is C28H29N5O2. The van der Waals surface area contributed by atoms with Crippen LogP contribution in [-0.4, -0.2) is 62.6 Å². The summed E-state index contributed by atoms with van der Waals surface area (Å²) in [5, 5.41) is 6.56. The SMILES string of the molecule is CC(=O)N1CCN(C(=O)c2ccccc2Cn2cccn2)C[C@@H](Cc2cncc3ccccc23)C1. The van der Waals surface area contributed by atoms with Gasteiger partial charge in [0.15, 0.2) is 0 Å². The highest BCUT2D eigenvalue weighted by Gasteiger charge is 2.29. The molecular weight excluding hydrogens is 438 g/mol. The molecule has 0 bridgehead atoms.